The second kappa shape index (κ2) is 10.3. The van der Waals surface area contributed by atoms with Gasteiger partial charge in [-0.05, 0) is 55.0 Å². The molecule has 1 saturated heterocycles. The molecule has 0 radical (unpaired) electrons. The van der Waals surface area contributed by atoms with Crippen molar-refractivity contribution in [2.75, 3.05) is 6.54 Å². The Kier molecular flexibility index (Phi) is 7.03. The number of nitrogens with one attached hydrogen (secondary N) is 1. The minimum absolute atomic E-state index is 0.0277. The quantitative estimate of drug-likeness (QED) is 0.566. The summed E-state index contributed by atoms with van der Waals surface area (Å²) in [6, 6.07) is 18.6. The SMILES string of the molecule is Cc1ccc(C)c(Oc2ccc(CNC(=O)C(c3ccccc3)N3CCCCC3=O)cn2)c1. The number of hydrogen-bond acceptors (Lipinski definition) is 4. The molecule has 6 heteroatoms. The first-order chi connectivity index (χ1) is 16.0. The molecule has 0 saturated carbocycles. The van der Waals surface area contributed by atoms with Gasteiger partial charge in [0.1, 0.15) is 11.8 Å². The van der Waals surface area contributed by atoms with Gasteiger partial charge in [0.05, 0.1) is 0 Å². The third-order valence-corrected chi connectivity index (χ3v) is 5.86. The van der Waals surface area contributed by atoms with Crippen LogP contribution >= 0.6 is 0 Å². The molecule has 1 aromatic heterocycles. The van der Waals surface area contributed by atoms with Gasteiger partial charge in [-0.1, -0.05) is 48.5 Å². The van der Waals surface area contributed by atoms with Crippen molar-refractivity contribution >= 4 is 11.8 Å². The Morgan fingerprint density at radius 2 is 1.91 bits per heavy atom. The molecule has 1 aliphatic rings. The van der Waals surface area contributed by atoms with E-state index in [1.54, 1.807) is 17.2 Å². The van der Waals surface area contributed by atoms with Crippen molar-refractivity contribution in [3.05, 3.63) is 89.1 Å². The molecular formula is C27H29N3O3. The molecule has 170 valence electrons. The summed E-state index contributed by atoms with van der Waals surface area (Å²) < 4.78 is 5.92. The molecule has 2 aromatic carbocycles. The number of aromatic nitrogens is 1. The van der Waals surface area contributed by atoms with E-state index in [9.17, 15) is 9.59 Å². The molecule has 0 spiro atoms. The molecule has 33 heavy (non-hydrogen) atoms. The van der Waals surface area contributed by atoms with Crippen LogP contribution in [0.3, 0.4) is 0 Å². The summed E-state index contributed by atoms with van der Waals surface area (Å²) in [5.74, 6) is 1.12. The second-order valence-electron chi connectivity index (χ2n) is 8.45. The van der Waals surface area contributed by atoms with E-state index in [1.165, 1.54) is 0 Å². The third-order valence-electron chi connectivity index (χ3n) is 5.86. The largest absolute Gasteiger partial charge is 0.439 e. The minimum Gasteiger partial charge on any atom is -0.439 e. The molecule has 3 aromatic rings. The van der Waals surface area contributed by atoms with Gasteiger partial charge in [-0.2, -0.15) is 0 Å². The Morgan fingerprint density at radius 1 is 1.09 bits per heavy atom. The van der Waals surface area contributed by atoms with Crippen molar-refractivity contribution in [2.24, 2.45) is 0 Å². The van der Waals surface area contributed by atoms with Crippen LogP contribution in [0.15, 0.2) is 66.9 Å². The first kappa shape index (κ1) is 22.5. The third kappa shape index (κ3) is 5.58. The monoisotopic (exact) mass is 443 g/mol. The average Bonchev–Trinajstić information content (AvgIpc) is 2.83. The number of aryl methyl sites for hydroxylation is 2. The Labute approximate surface area is 194 Å². The molecule has 4 rings (SSSR count). The van der Waals surface area contributed by atoms with E-state index in [0.29, 0.717) is 25.4 Å². The summed E-state index contributed by atoms with van der Waals surface area (Å²) in [4.78, 5) is 31.8. The lowest BCUT2D eigenvalue weighted by molar-refractivity contribution is -0.142. The zero-order chi connectivity index (χ0) is 23.2. The molecule has 1 unspecified atom stereocenters. The fraction of sp³-hybridized carbons (Fsp3) is 0.296. The van der Waals surface area contributed by atoms with Crippen molar-refractivity contribution in [3.8, 4) is 11.6 Å². The van der Waals surface area contributed by atoms with Gasteiger partial charge in [0, 0.05) is 31.8 Å². The number of nitrogens with zero attached hydrogens (tertiary/aromatic N) is 2. The Bertz CT molecular complexity index is 1110. The van der Waals surface area contributed by atoms with Crippen LogP contribution in [0.5, 0.6) is 11.6 Å². The van der Waals surface area contributed by atoms with Crippen molar-refractivity contribution in [2.45, 2.75) is 45.7 Å². The van der Waals surface area contributed by atoms with Crippen molar-refractivity contribution in [1.82, 2.24) is 15.2 Å². The van der Waals surface area contributed by atoms with Crippen LogP contribution in [0.25, 0.3) is 0 Å². The molecule has 0 bridgehead atoms. The minimum atomic E-state index is -0.626. The molecule has 1 fully saturated rings. The number of pyridine rings is 1. The summed E-state index contributed by atoms with van der Waals surface area (Å²) in [7, 11) is 0. The Morgan fingerprint density at radius 3 is 2.64 bits per heavy atom. The van der Waals surface area contributed by atoms with Gasteiger partial charge in [-0.15, -0.1) is 0 Å². The van der Waals surface area contributed by atoms with Gasteiger partial charge < -0.3 is 15.0 Å². The summed E-state index contributed by atoms with van der Waals surface area (Å²) in [6.07, 6.45) is 3.97. The zero-order valence-corrected chi connectivity index (χ0v) is 19.1. The predicted octanol–water partition coefficient (Wildman–Crippen LogP) is 4.86. The first-order valence-electron chi connectivity index (χ1n) is 11.3. The van der Waals surface area contributed by atoms with Crippen LogP contribution in [-0.2, 0) is 16.1 Å². The van der Waals surface area contributed by atoms with E-state index in [2.05, 4.69) is 10.3 Å². The van der Waals surface area contributed by atoms with Crippen molar-refractivity contribution in [3.63, 3.8) is 0 Å². The van der Waals surface area contributed by atoms with Crippen LogP contribution in [0.4, 0.5) is 0 Å². The predicted molar refractivity (Wildman–Crippen MR) is 127 cm³/mol. The number of ether oxygens (including phenoxy) is 1. The molecular weight excluding hydrogens is 414 g/mol. The van der Waals surface area contributed by atoms with E-state index < -0.39 is 6.04 Å². The lowest BCUT2D eigenvalue weighted by Gasteiger charge is -2.34. The highest BCUT2D eigenvalue weighted by atomic mass is 16.5. The number of carbonyl (C=O) groups is 2. The molecule has 2 heterocycles. The highest BCUT2D eigenvalue weighted by Gasteiger charge is 2.32. The lowest BCUT2D eigenvalue weighted by Crippen LogP contribution is -2.45. The van der Waals surface area contributed by atoms with Gasteiger partial charge in [-0.25, -0.2) is 4.98 Å². The van der Waals surface area contributed by atoms with E-state index >= 15 is 0 Å². The van der Waals surface area contributed by atoms with Crippen LogP contribution in [-0.4, -0.2) is 28.2 Å². The summed E-state index contributed by atoms with van der Waals surface area (Å²) in [5.41, 5.74) is 3.84. The van der Waals surface area contributed by atoms with Crippen LogP contribution in [0.1, 0.15) is 47.6 Å². The highest BCUT2D eigenvalue weighted by molar-refractivity contribution is 5.89. The smallest absolute Gasteiger partial charge is 0.247 e. The fourth-order valence-corrected chi connectivity index (χ4v) is 4.00. The van der Waals surface area contributed by atoms with Crippen LogP contribution in [0.2, 0.25) is 0 Å². The van der Waals surface area contributed by atoms with Crippen molar-refractivity contribution in [1.29, 1.82) is 0 Å². The van der Waals surface area contributed by atoms with Gasteiger partial charge in [0.15, 0.2) is 0 Å². The van der Waals surface area contributed by atoms with Crippen LogP contribution in [0, 0.1) is 13.8 Å². The van der Waals surface area contributed by atoms with Gasteiger partial charge in [0.25, 0.3) is 0 Å². The van der Waals surface area contributed by atoms with Crippen LogP contribution < -0.4 is 10.1 Å². The molecule has 1 N–H and O–H groups in total. The molecule has 2 amide bonds. The molecule has 6 nitrogen and oxygen atoms in total. The number of rotatable bonds is 7. The standard InChI is InChI=1S/C27H29N3O3/c1-19-11-12-20(2)23(16-19)33-24-14-13-21(17-28-24)18-29-27(32)26(22-8-4-3-5-9-22)30-15-7-6-10-25(30)31/h3-5,8-9,11-14,16-17,26H,6-7,10,15,18H2,1-2H3,(H,29,32). The number of benzene rings is 2. The normalized spacial score (nSPS) is 14.6. The molecule has 1 atom stereocenters. The number of likely N-dealkylation sites (tertiary alicyclic amines) is 1. The summed E-state index contributed by atoms with van der Waals surface area (Å²) >= 11 is 0. The Balaban J connectivity index is 1.43. The maximum atomic E-state index is 13.2. The van der Waals surface area contributed by atoms with Crippen molar-refractivity contribution < 1.29 is 14.3 Å². The highest BCUT2D eigenvalue weighted by Crippen LogP contribution is 2.27. The van der Waals surface area contributed by atoms with E-state index in [4.69, 9.17) is 4.74 Å². The average molecular weight is 444 g/mol. The second-order valence-corrected chi connectivity index (χ2v) is 8.45. The van der Waals surface area contributed by atoms with Gasteiger partial charge >= 0.3 is 0 Å². The summed E-state index contributed by atoms with van der Waals surface area (Å²) in [6.45, 7) is 4.93. The van der Waals surface area contributed by atoms with E-state index in [-0.39, 0.29) is 11.8 Å². The number of piperidine rings is 1. The summed E-state index contributed by atoms with van der Waals surface area (Å²) in [5, 5.41) is 2.99. The van der Waals surface area contributed by atoms with E-state index in [1.807, 2.05) is 68.4 Å². The van der Waals surface area contributed by atoms with Gasteiger partial charge in [-0.3, -0.25) is 9.59 Å². The maximum absolute atomic E-state index is 13.2. The first-order valence-corrected chi connectivity index (χ1v) is 11.3. The number of amides is 2. The number of carbonyl (C=O) groups excluding carboxylic acids is 2. The lowest BCUT2D eigenvalue weighted by atomic mass is 10.0. The van der Waals surface area contributed by atoms with Gasteiger partial charge in [0.2, 0.25) is 17.7 Å². The molecule has 1 aliphatic heterocycles. The zero-order valence-electron chi connectivity index (χ0n) is 19.1. The number of hydrogen-bond donors (Lipinski definition) is 1. The Hall–Kier alpha value is -3.67. The fourth-order valence-electron chi connectivity index (χ4n) is 4.00. The topological polar surface area (TPSA) is 71.5 Å². The molecule has 0 aliphatic carbocycles. The van der Waals surface area contributed by atoms with E-state index in [0.717, 1.165) is 40.8 Å². The maximum Gasteiger partial charge on any atom is 0.247 e.